The molecule has 13 aliphatic rings. The smallest absolute Gasteiger partial charge is 0.652 e. The fourth-order valence-electron chi connectivity index (χ4n) is 3.41. The largest absolute Gasteiger partial charge is 2.00 e. The molecule has 56 valence electrons. The average molecular weight is 225 g/mol. The molecular weight excluding hydrogens is 225 g/mol. The Labute approximate surface area is 85.9 Å². The summed E-state index contributed by atoms with van der Waals surface area (Å²) < 4.78 is 11.9. The Hall–Kier alpha value is 0.527. The summed E-state index contributed by atoms with van der Waals surface area (Å²) in [5.74, 6) is 0. The molecule has 13 rings (SSSR count). The van der Waals surface area contributed by atoms with Crippen molar-refractivity contribution in [2.75, 3.05) is 0 Å². The molecule has 7 bridgehead atoms. The van der Waals surface area contributed by atoms with Crippen LogP contribution in [0.5, 0.6) is 0 Å². The van der Waals surface area contributed by atoms with Crippen molar-refractivity contribution in [3.63, 3.8) is 0 Å². The Bertz CT molecular complexity index is 272. The zero-order valence-corrected chi connectivity index (χ0v) is 10.1. The van der Waals surface area contributed by atoms with Crippen LogP contribution in [0.2, 0.25) is 0 Å². The number of hydrogen-bond acceptors (Lipinski definition) is 7. The minimum absolute atomic E-state index is 0. The van der Waals surface area contributed by atoms with Crippen LogP contribution in [-0.2, 0) is 0 Å². The van der Waals surface area contributed by atoms with Gasteiger partial charge in [0.2, 0.25) is 0 Å². The van der Waals surface area contributed by atoms with Crippen molar-refractivity contribution in [1.29, 1.82) is 0 Å². The molecular formula is CMgN4O3Si3. The van der Waals surface area contributed by atoms with Gasteiger partial charge in [0, 0.05) is 0 Å². The number of nitrogens with zero attached hydrogens (tertiary/aromatic N) is 4. The molecule has 3 spiro atoms. The van der Waals surface area contributed by atoms with Crippen LogP contribution in [0.1, 0.15) is 0 Å². The molecule has 12 heavy (non-hydrogen) atoms. The summed E-state index contributed by atoms with van der Waals surface area (Å²) in [5, 5.41) is 16.7. The summed E-state index contributed by atoms with van der Waals surface area (Å²) >= 11 is 0. The quantitative estimate of drug-likeness (QED) is 0.381. The van der Waals surface area contributed by atoms with Crippen LogP contribution in [0.25, 0.3) is 0 Å². The SMILES string of the molecule is N12[Si]34N5[Si]16N3[Si]25N46.O=C([O-])[O-].[Mg+2]. The molecule has 11 heteroatoms. The van der Waals surface area contributed by atoms with Crippen LogP contribution in [0, 0.1) is 0 Å². The maximum absolute atomic E-state index is 8.33. The van der Waals surface area contributed by atoms with Crippen LogP contribution < -0.4 is 10.2 Å². The molecule has 0 aromatic carbocycles. The maximum atomic E-state index is 8.33. The molecule has 0 N–H and O–H groups in total. The number of carbonyl (C=O) groups excluding carboxylic acids is 1. The van der Waals surface area contributed by atoms with Crippen molar-refractivity contribution < 1.29 is 15.0 Å². The van der Waals surface area contributed by atoms with E-state index in [1.54, 1.807) is 0 Å². The predicted molar refractivity (Wildman–Crippen MR) is 35.8 cm³/mol. The van der Waals surface area contributed by atoms with E-state index in [1.807, 2.05) is 0 Å². The van der Waals surface area contributed by atoms with E-state index in [-0.39, 0.29) is 23.1 Å². The molecule has 13 heterocycles. The second-order valence-corrected chi connectivity index (χ2v) is 17.7. The van der Waals surface area contributed by atoms with Gasteiger partial charge in [0.1, 0.15) is 0 Å². The topological polar surface area (TPSA) is 76.2 Å². The van der Waals surface area contributed by atoms with E-state index < -0.39 is 32.3 Å². The van der Waals surface area contributed by atoms with Crippen LogP contribution in [0.15, 0.2) is 0 Å². The predicted octanol–water partition coefficient (Wildman–Crippen LogP) is -5.25. The van der Waals surface area contributed by atoms with Crippen molar-refractivity contribution >= 4 is 55.4 Å². The fraction of sp³-hybridized carbons (Fsp3) is 0. The van der Waals surface area contributed by atoms with E-state index in [0.717, 1.165) is 0 Å². The molecule has 0 aromatic heterocycles. The fourth-order valence-corrected chi connectivity index (χ4v) is 46.9. The van der Waals surface area contributed by atoms with Gasteiger partial charge in [-0.2, -0.15) is 0 Å². The zero-order chi connectivity index (χ0) is 7.39. The Morgan fingerprint density at radius 2 is 1.00 bits per heavy atom. The van der Waals surface area contributed by atoms with Crippen LogP contribution >= 0.6 is 0 Å². The van der Waals surface area contributed by atoms with E-state index >= 15 is 0 Å². The first kappa shape index (κ1) is 6.90. The Balaban J connectivity index is 0.0000000832. The first-order chi connectivity index (χ1) is 5.20. The number of hydrogen-bond donors (Lipinski definition) is 0. The van der Waals surface area contributed by atoms with Crippen LogP contribution in [0.3, 0.4) is 0 Å². The monoisotopic (exact) mass is 224 g/mol. The third-order valence-corrected chi connectivity index (χ3v) is 32.4. The molecule has 0 aliphatic carbocycles. The van der Waals surface area contributed by atoms with Gasteiger partial charge in [0.05, 0.1) is 0 Å². The minimum Gasteiger partial charge on any atom is -0.652 e. The maximum Gasteiger partial charge on any atom is 2.00 e. The van der Waals surface area contributed by atoms with E-state index in [1.165, 1.54) is 0 Å². The van der Waals surface area contributed by atoms with Gasteiger partial charge in [0.25, 0.3) is 0 Å². The molecule has 13 aliphatic heterocycles. The number of rotatable bonds is 0. The number of carboxylic acid groups (broad SMARTS) is 2. The molecule has 0 unspecified atom stereocenters. The van der Waals surface area contributed by atoms with E-state index in [4.69, 9.17) is 15.0 Å². The molecule has 0 atom stereocenters. The first-order valence-corrected chi connectivity index (χ1v) is 8.66. The Morgan fingerprint density at radius 3 is 1.00 bits per heavy atom. The molecule has 0 radical (unpaired) electrons. The second-order valence-electron chi connectivity index (χ2n) is 3.39. The van der Waals surface area contributed by atoms with E-state index in [9.17, 15) is 0 Å². The molecule has 0 saturated carbocycles. The van der Waals surface area contributed by atoms with Crippen molar-refractivity contribution in [1.82, 2.24) is 15.6 Å². The zero-order valence-electron chi connectivity index (χ0n) is 5.72. The van der Waals surface area contributed by atoms with Gasteiger partial charge >= 0.3 is 49.2 Å². The van der Waals surface area contributed by atoms with Crippen LogP contribution in [0.4, 0.5) is 4.79 Å². The standard InChI is InChI=1S/CH2O3.Mg.N4Si3/c2-1(3)4;;1-5-2-6(1)3(5)7(1,2)4(5)6/h(H2,2,3,4);;/q;+2;/p-2. The van der Waals surface area contributed by atoms with Crippen molar-refractivity contribution in [3.8, 4) is 0 Å². The molecule has 0 aromatic rings. The molecule has 13 fully saturated rings. The summed E-state index contributed by atoms with van der Waals surface area (Å²) in [5.41, 5.74) is 0. The summed E-state index contributed by atoms with van der Waals surface area (Å²) in [6.45, 7) is 0. The summed E-state index contributed by atoms with van der Waals surface area (Å²) in [4.78, 5) is 8.33. The van der Waals surface area contributed by atoms with Gasteiger partial charge in [-0.25, -0.2) is 0 Å². The van der Waals surface area contributed by atoms with Gasteiger partial charge in [-0.3, -0.25) is 15.6 Å². The second kappa shape index (κ2) is 1.14. The molecule has 7 nitrogen and oxygen atoms in total. The molecule has 0 amide bonds. The normalized spacial score (nSPS) is 86.0. The average Bonchev–Trinajstić information content (AvgIpc) is 0.994. The van der Waals surface area contributed by atoms with Gasteiger partial charge < -0.3 is 15.0 Å². The van der Waals surface area contributed by atoms with Crippen molar-refractivity contribution in [2.45, 2.75) is 0 Å². The van der Waals surface area contributed by atoms with Crippen molar-refractivity contribution in [2.24, 2.45) is 0 Å². The third kappa shape index (κ3) is 0.182. The molecule has 13 saturated heterocycles. The van der Waals surface area contributed by atoms with Gasteiger partial charge in [-0.05, 0) is 6.16 Å². The Morgan fingerprint density at radius 1 is 0.917 bits per heavy atom. The summed E-state index contributed by atoms with van der Waals surface area (Å²) in [6.07, 6.45) is -2.33. The van der Waals surface area contributed by atoms with E-state index in [0.29, 0.717) is 0 Å². The van der Waals surface area contributed by atoms with Gasteiger partial charge in [-0.1, -0.05) is 0 Å². The van der Waals surface area contributed by atoms with Gasteiger partial charge in [0.15, 0.2) is 0 Å². The van der Waals surface area contributed by atoms with Crippen LogP contribution in [-0.4, -0.2) is 71.0 Å². The Kier molecular flexibility index (Phi) is 0.654. The minimum atomic E-state index is -2.33. The van der Waals surface area contributed by atoms with E-state index in [2.05, 4.69) is 15.6 Å². The summed E-state index contributed by atoms with van der Waals surface area (Å²) in [6, 6.07) is 0. The summed E-state index contributed by atoms with van der Waals surface area (Å²) in [7, 11) is -1.83. The van der Waals surface area contributed by atoms with Gasteiger partial charge in [-0.15, -0.1) is 0 Å². The number of carbonyl (C=O) groups is 1. The first-order valence-electron chi connectivity index (χ1n) is 3.30. The third-order valence-electron chi connectivity index (χ3n) is 3.60. The van der Waals surface area contributed by atoms with Crippen molar-refractivity contribution in [3.05, 3.63) is 0 Å².